The number of halogens is 1. The summed E-state index contributed by atoms with van der Waals surface area (Å²) in [4.78, 5) is 12.6. The summed E-state index contributed by atoms with van der Waals surface area (Å²) in [5.74, 6) is 1.26. The molecule has 3 N–H and O–H groups in total. The molecule has 2 heterocycles. The fourth-order valence-electron chi connectivity index (χ4n) is 2.84. The standard InChI is InChI=1S/C22H22FN7OS/c1-22(2,3)14-6-4-13(5-7-14)18-29-30-21(31-18)32-12-17-26-19(24)28-20(27-17)25-16-10-8-15(23)9-11-16/h4-11H,12H2,1-3H3,(H3,24,25,26,27,28). The quantitative estimate of drug-likeness (QED) is 0.392. The van der Waals surface area contributed by atoms with Crippen LogP contribution in [0.1, 0.15) is 32.2 Å². The summed E-state index contributed by atoms with van der Waals surface area (Å²) in [5, 5.41) is 11.6. The molecule has 0 radical (unpaired) electrons. The van der Waals surface area contributed by atoms with Crippen LogP contribution in [0.5, 0.6) is 0 Å². The largest absolute Gasteiger partial charge is 0.411 e. The number of nitrogen functional groups attached to an aromatic ring is 1. The van der Waals surface area contributed by atoms with Gasteiger partial charge in [0, 0.05) is 11.3 Å². The van der Waals surface area contributed by atoms with Gasteiger partial charge in [0.05, 0.1) is 5.75 Å². The van der Waals surface area contributed by atoms with Gasteiger partial charge in [-0.25, -0.2) is 4.39 Å². The number of benzene rings is 2. The lowest BCUT2D eigenvalue weighted by molar-refractivity contribution is 0.465. The second-order valence-corrected chi connectivity index (χ2v) is 8.98. The molecule has 0 aliphatic heterocycles. The van der Waals surface area contributed by atoms with E-state index in [1.807, 2.05) is 12.1 Å². The summed E-state index contributed by atoms with van der Waals surface area (Å²) in [6.07, 6.45) is 0. The van der Waals surface area contributed by atoms with Crippen LogP contribution < -0.4 is 11.1 Å². The molecule has 0 aliphatic carbocycles. The molecule has 4 rings (SSSR count). The molecule has 0 bridgehead atoms. The molecule has 2 aromatic heterocycles. The summed E-state index contributed by atoms with van der Waals surface area (Å²) in [5.41, 5.74) is 8.60. The van der Waals surface area contributed by atoms with Crippen LogP contribution >= 0.6 is 11.8 Å². The van der Waals surface area contributed by atoms with Gasteiger partial charge in [-0.05, 0) is 47.4 Å². The second kappa shape index (κ2) is 8.91. The predicted octanol–water partition coefficient (Wildman–Crippen LogP) is 4.98. The van der Waals surface area contributed by atoms with Crippen LogP contribution in [0.25, 0.3) is 11.5 Å². The number of nitrogens with zero attached hydrogens (tertiary/aromatic N) is 5. The van der Waals surface area contributed by atoms with Gasteiger partial charge in [0.25, 0.3) is 5.22 Å². The van der Waals surface area contributed by atoms with E-state index in [2.05, 4.69) is 63.4 Å². The minimum absolute atomic E-state index is 0.0744. The highest BCUT2D eigenvalue weighted by Gasteiger charge is 2.15. The van der Waals surface area contributed by atoms with Crippen LogP contribution in [-0.4, -0.2) is 25.1 Å². The van der Waals surface area contributed by atoms with E-state index in [1.54, 1.807) is 12.1 Å². The van der Waals surface area contributed by atoms with E-state index >= 15 is 0 Å². The third-order valence-electron chi connectivity index (χ3n) is 4.53. The summed E-state index contributed by atoms with van der Waals surface area (Å²) in [6, 6.07) is 13.9. The fraction of sp³-hybridized carbons (Fsp3) is 0.227. The van der Waals surface area contributed by atoms with Crippen molar-refractivity contribution in [3.05, 3.63) is 65.7 Å². The Hall–Kier alpha value is -3.53. The number of hydrogen-bond donors (Lipinski definition) is 2. The van der Waals surface area contributed by atoms with Gasteiger partial charge in [-0.15, -0.1) is 10.2 Å². The van der Waals surface area contributed by atoms with E-state index in [0.29, 0.717) is 28.4 Å². The molecule has 164 valence electrons. The Balaban J connectivity index is 1.42. The lowest BCUT2D eigenvalue weighted by atomic mass is 9.87. The molecule has 8 nitrogen and oxygen atoms in total. The SMILES string of the molecule is CC(C)(C)c1ccc(-c2nnc(SCc3nc(N)nc(Nc4ccc(F)cc4)n3)o2)cc1. The maximum atomic E-state index is 13.1. The van der Waals surface area contributed by atoms with Gasteiger partial charge in [-0.3, -0.25) is 0 Å². The number of thioether (sulfide) groups is 1. The number of aromatic nitrogens is 5. The van der Waals surface area contributed by atoms with Crippen molar-refractivity contribution in [1.29, 1.82) is 0 Å². The Labute approximate surface area is 188 Å². The van der Waals surface area contributed by atoms with Gasteiger partial charge < -0.3 is 15.5 Å². The van der Waals surface area contributed by atoms with Crippen molar-refractivity contribution in [2.45, 2.75) is 37.2 Å². The average molecular weight is 452 g/mol. The molecule has 0 fully saturated rings. The van der Waals surface area contributed by atoms with Gasteiger partial charge in [-0.1, -0.05) is 44.7 Å². The molecule has 0 saturated carbocycles. The number of nitrogens with two attached hydrogens (primary N) is 1. The predicted molar refractivity (Wildman–Crippen MR) is 122 cm³/mol. The average Bonchev–Trinajstić information content (AvgIpc) is 3.22. The summed E-state index contributed by atoms with van der Waals surface area (Å²) in [7, 11) is 0. The number of hydrogen-bond acceptors (Lipinski definition) is 9. The molecule has 0 amide bonds. The molecule has 0 unspecified atom stereocenters. The van der Waals surface area contributed by atoms with Crippen molar-refractivity contribution in [2.75, 3.05) is 11.1 Å². The van der Waals surface area contributed by atoms with E-state index in [9.17, 15) is 4.39 Å². The van der Waals surface area contributed by atoms with E-state index < -0.39 is 0 Å². The second-order valence-electron chi connectivity index (χ2n) is 8.05. The minimum Gasteiger partial charge on any atom is -0.411 e. The molecular formula is C22H22FN7OS. The zero-order chi connectivity index (χ0) is 22.7. The molecule has 0 aliphatic rings. The van der Waals surface area contributed by atoms with Crippen LogP contribution in [0.4, 0.5) is 22.0 Å². The third kappa shape index (κ3) is 5.38. The third-order valence-corrected chi connectivity index (χ3v) is 5.34. The summed E-state index contributed by atoms with van der Waals surface area (Å²) < 4.78 is 18.8. The minimum atomic E-state index is -0.327. The van der Waals surface area contributed by atoms with Crippen molar-refractivity contribution in [3.63, 3.8) is 0 Å². The van der Waals surface area contributed by atoms with Crippen LogP contribution in [0.2, 0.25) is 0 Å². The van der Waals surface area contributed by atoms with Crippen LogP contribution in [0.3, 0.4) is 0 Å². The zero-order valence-electron chi connectivity index (χ0n) is 17.8. The Morgan fingerprint density at radius 3 is 2.38 bits per heavy atom. The first kappa shape index (κ1) is 21.7. The molecule has 0 spiro atoms. The van der Waals surface area contributed by atoms with E-state index in [0.717, 1.165) is 5.56 Å². The highest BCUT2D eigenvalue weighted by Crippen LogP contribution is 2.28. The molecule has 4 aromatic rings. The van der Waals surface area contributed by atoms with Crippen molar-refractivity contribution in [2.24, 2.45) is 0 Å². The Kier molecular flexibility index (Phi) is 6.04. The van der Waals surface area contributed by atoms with Gasteiger partial charge in [-0.2, -0.15) is 15.0 Å². The van der Waals surface area contributed by atoms with Crippen LogP contribution in [0.15, 0.2) is 58.2 Å². The highest BCUT2D eigenvalue weighted by molar-refractivity contribution is 7.98. The molecule has 32 heavy (non-hydrogen) atoms. The van der Waals surface area contributed by atoms with Gasteiger partial charge in [0.15, 0.2) is 0 Å². The molecule has 2 aromatic carbocycles. The monoisotopic (exact) mass is 451 g/mol. The number of anilines is 3. The topological polar surface area (TPSA) is 116 Å². The van der Waals surface area contributed by atoms with Crippen molar-refractivity contribution in [3.8, 4) is 11.5 Å². The van der Waals surface area contributed by atoms with Gasteiger partial charge >= 0.3 is 0 Å². The van der Waals surface area contributed by atoms with Crippen molar-refractivity contribution < 1.29 is 8.81 Å². The molecule has 0 atom stereocenters. The molecular weight excluding hydrogens is 429 g/mol. The van der Waals surface area contributed by atoms with Crippen LogP contribution in [0, 0.1) is 5.82 Å². The van der Waals surface area contributed by atoms with Gasteiger partial charge in [0.2, 0.25) is 17.8 Å². The van der Waals surface area contributed by atoms with Crippen LogP contribution in [-0.2, 0) is 11.2 Å². The lowest BCUT2D eigenvalue weighted by Crippen LogP contribution is -2.10. The van der Waals surface area contributed by atoms with E-state index in [1.165, 1.54) is 29.5 Å². The first-order valence-electron chi connectivity index (χ1n) is 9.86. The fourth-order valence-corrected chi connectivity index (χ4v) is 3.46. The first-order valence-corrected chi connectivity index (χ1v) is 10.8. The molecule has 10 heteroatoms. The van der Waals surface area contributed by atoms with Crippen molar-refractivity contribution >= 4 is 29.3 Å². The summed E-state index contributed by atoms with van der Waals surface area (Å²) in [6.45, 7) is 6.49. The maximum Gasteiger partial charge on any atom is 0.277 e. The van der Waals surface area contributed by atoms with Crippen molar-refractivity contribution in [1.82, 2.24) is 25.1 Å². The Morgan fingerprint density at radius 1 is 0.969 bits per heavy atom. The van der Waals surface area contributed by atoms with Gasteiger partial charge in [0.1, 0.15) is 11.6 Å². The Bertz CT molecular complexity index is 1200. The highest BCUT2D eigenvalue weighted by atomic mass is 32.2. The van der Waals surface area contributed by atoms with E-state index in [4.69, 9.17) is 10.2 Å². The number of nitrogens with one attached hydrogen (secondary N) is 1. The van der Waals surface area contributed by atoms with E-state index in [-0.39, 0.29) is 23.1 Å². The zero-order valence-corrected chi connectivity index (χ0v) is 18.7. The summed E-state index contributed by atoms with van der Waals surface area (Å²) >= 11 is 1.30. The normalized spacial score (nSPS) is 11.5. The smallest absolute Gasteiger partial charge is 0.277 e. The molecule has 0 saturated heterocycles. The number of rotatable bonds is 6. The maximum absolute atomic E-state index is 13.1. The first-order chi connectivity index (χ1) is 15.3. The Morgan fingerprint density at radius 2 is 1.69 bits per heavy atom. The lowest BCUT2D eigenvalue weighted by Gasteiger charge is -2.18.